The van der Waals surface area contributed by atoms with Gasteiger partial charge >= 0.3 is 0 Å². The van der Waals surface area contributed by atoms with Crippen LogP contribution in [0.1, 0.15) is 6.92 Å². The summed E-state index contributed by atoms with van der Waals surface area (Å²) in [7, 11) is -2.89. The topological polar surface area (TPSA) is 78.5 Å². The molecule has 0 radical (unpaired) electrons. The largest absolute Gasteiger partial charge is 0.369 e. The van der Waals surface area contributed by atoms with E-state index in [9.17, 15) is 13.2 Å². The number of hydrogen-bond acceptors (Lipinski definition) is 5. The zero-order chi connectivity index (χ0) is 16.4. The zero-order valence-corrected chi connectivity index (χ0v) is 14.1. The number of rotatable bonds is 4. The Balaban J connectivity index is 1.64. The highest BCUT2D eigenvalue weighted by atomic mass is 32.2. The molecule has 0 aromatic heterocycles. The van der Waals surface area contributed by atoms with Gasteiger partial charge in [-0.05, 0) is 37.2 Å². The van der Waals surface area contributed by atoms with Gasteiger partial charge in [-0.25, -0.2) is 8.42 Å². The Kier molecular flexibility index (Phi) is 4.59. The van der Waals surface area contributed by atoms with E-state index in [-0.39, 0.29) is 23.3 Å². The van der Waals surface area contributed by atoms with Gasteiger partial charge in [0.25, 0.3) is 0 Å². The third kappa shape index (κ3) is 3.84. The number of amides is 1. The minimum Gasteiger partial charge on any atom is -0.369 e. The standard InChI is InChI=1S/C16H23N3O3S/c1-12(13-10-17-11-13)16(20)18-14-3-2-4-15(9-14)19-5-7-23(21,22)8-6-19/h2-4,9,12-13,17H,5-8,10-11H2,1H3,(H,18,20). The Morgan fingerprint density at radius 1 is 1.30 bits per heavy atom. The van der Waals surface area contributed by atoms with Crippen LogP contribution in [0.25, 0.3) is 0 Å². The Bertz CT molecular complexity index is 672. The molecule has 1 amide bonds. The fourth-order valence-corrected chi connectivity index (χ4v) is 4.09. The molecule has 0 saturated carbocycles. The Morgan fingerprint density at radius 2 is 2.00 bits per heavy atom. The van der Waals surface area contributed by atoms with Gasteiger partial charge in [0.15, 0.2) is 9.84 Å². The highest BCUT2D eigenvalue weighted by molar-refractivity contribution is 7.91. The van der Waals surface area contributed by atoms with E-state index in [1.54, 1.807) is 0 Å². The van der Waals surface area contributed by atoms with E-state index < -0.39 is 9.84 Å². The van der Waals surface area contributed by atoms with Gasteiger partial charge in [-0.1, -0.05) is 13.0 Å². The molecule has 1 aromatic carbocycles. The Hall–Kier alpha value is -1.60. The summed E-state index contributed by atoms with van der Waals surface area (Å²) < 4.78 is 23.0. The SMILES string of the molecule is CC(C(=O)Nc1cccc(N2CCS(=O)(=O)CC2)c1)C1CNC1. The van der Waals surface area contributed by atoms with E-state index in [0.29, 0.717) is 19.0 Å². The lowest BCUT2D eigenvalue weighted by molar-refractivity contribution is -0.121. The second-order valence-electron chi connectivity index (χ2n) is 6.39. The van der Waals surface area contributed by atoms with Crippen LogP contribution in [0.3, 0.4) is 0 Å². The summed E-state index contributed by atoms with van der Waals surface area (Å²) in [6.07, 6.45) is 0. The van der Waals surface area contributed by atoms with Crippen molar-refractivity contribution in [2.75, 3.05) is 47.9 Å². The maximum absolute atomic E-state index is 12.3. The molecule has 1 atom stereocenters. The summed E-state index contributed by atoms with van der Waals surface area (Å²) in [5.74, 6) is 0.810. The summed E-state index contributed by atoms with van der Waals surface area (Å²) in [4.78, 5) is 14.3. The maximum atomic E-state index is 12.3. The normalized spacial score (nSPS) is 22.2. The van der Waals surface area contributed by atoms with Crippen molar-refractivity contribution in [3.05, 3.63) is 24.3 Å². The van der Waals surface area contributed by atoms with Gasteiger partial charge in [0.05, 0.1) is 11.5 Å². The van der Waals surface area contributed by atoms with Gasteiger partial charge in [-0.15, -0.1) is 0 Å². The van der Waals surface area contributed by atoms with Crippen molar-refractivity contribution in [1.29, 1.82) is 0 Å². The van der Waals surface area contributed by atoms with Gasteiger partial charge in [0.1, 0.15) is 0 Å². The Morgan fingerprint density at radius 3 is 2.61 bits per heavy atom. The predicted octanol–water partition coefficient (Wildman–Crippen LogP) is 0.715. The van der Waals surface area contributed by atoms with Crippen LogP contribution >= 0.6 is 0 Å². The number of benzene rings is 1. The minimum atomic E-state index is -2.89. The minimum absolute atomic E-state index is 0.0139. The quantitative estimate of drug-likeness (QED) is 0.846. The molecule has 126 valence electrons. The van der Waals surface area contributed by atoms with Crippen molar-refractivity contribution >= 4 is 27.1 Å². The predicted molar refractivity (Wildman–Crippen MR) is 91.5 cm³/mol. The van der Waals surface area contributed by atoms with Gasteiger partial charge in [0.2, 0.25) is 5.91 Å². The average molecular weight is 337 g/mol. The molecule has 1 aromatic rings. The molecule has 2 aliphatic rings. The highest BCUT2D eigenvalue weighted by Crippen LogP contribution is 2.23. The van der Waals surface area contributed by atoms with Crippen LogP contribution in [-0.2, 0) is 14.6 Å². The molecular formula is C16H23N3O3S. The van der Waals surface area contributed by atoms with Crippen molar-refractivity contribution in [3.8, 4) is 0 Å². The summed E-state index contributed by atoms with van der Waals surface area (Å²) in [5.41, 5.74) is 1.72. The van der Waals surface area contributed by atoms with Gasteiger partial charge in [-0.2, -0.15) is 0 Å². The molecular weight excluding hydrogens is 314 g/mol. The summed E-state index contributed by atoms with van der Waals surface area (Å²) in [6.45, 7) is 4.77. The van der Waals surface area contributed by atoms with E-state index in [1.165, 1.54) is 0 Å². The zero-order valence-electron chi connectivity index (χ0n) is 13.3. The first-order valence-corrected chi connectivity index (χ1v) is 9.84. The Labute approximate surface area is 137 Å². The molecule has 6 nitrogen and oxygen atoms in total. The number of carbonyl (C=O) groups excluding carboxylic acids is 1. The molecule has 0 bridgehead atoms. The number of nitrogens with zero attached hydrogens (tertiary/aromatic N) is 1. The summed E-state index contributed by atoms with van der Waals surface area (Å²) in [6, 6.07) is 7.63. The van der Waals surface area contributed by atoms with Crippen LogP contribution in [0.5, 0.6) is 0 Å². The number of anilines is 2. The van der Waals surface area contributed by atoms with Crippen molar-refractivity contribution in [3.63, 3.8) is 0 Å². The number of nitrogens with one attached hydrogen (secondary N) is 2. The van der Waals surface area contributed by atoms with E-state index in [4.69, 9.17) is 0 Å². The van der Waals surface area contributed by atoms with Gasteiger partial charge in [0, 0.05) is 30.4 Å². The third-order valence-electron chi connectivity index (χ3n) is 4.76. The van der Waals surface area contributed by atoms with Crippen molar-refractivity contribution < 1.29 is 13.2 Å². The lowest BCUT2D eigenvalue weighted by atomic mass is 9.88. The lowest BCUT2D eigenvalue weighted by Gasteiger charge is -2.32. The van der Waals surface area contributed by atoms with E-state index in [0.717, 1.165) is 24.5 Å². The van der Waals surface area contributed by atoms with Crippen LogP contribution in [0.15, 0.2) is 24.3 Å². The monoisotopic (exact) mass is 337 g/mol. The van der Waals surface area contributed by atoms with Crippen molar-refractivity contribution in [1.82, 2.24) is 5.32 Å². The molecule has 0 aliphatic carbocycles. The molecule has 2 saturated heterocycles. The second-order valence-corrected chi connectivity index (χ2v) is 8.69. The summed E-state index contributed by atoms with van der Waals surface area (Å²) >= 11 is 0. The molecule has 1 unspecified atom stereocenters. The molecule has 0 spiro atoms. The molecule has 2 fully saturated rings. The van der Waals surface area contributed by atoms with Gasteiger partial charge in [-0.3, -0.25) is 4.79 Å². The highest BCUT2D eigenvalue weighted by Gasteiger charge is 2.28. The molecule has 23 heavy (non-hydrogen) atoms. The van der Waals surface area contributed by atoms with Crippen LogP contribution in [-0.4, -0.2) is 52.0 Å². The van der Waals surface area contributed by atoms with Crippen LogP contribution in [0, 0.1) is 11.8 Å². The van der Waals surface area contributed by atoms with E-state index in [2.05, 4.69) is 15.5 Å². The number of sulfone groups is 1. The van der Waals surface area contributed by atoms with Gasteiger partial charge < -0.3 is 15.5 Å². The molecule has 7 heteroatoms. The molecule has 3 rings (SSSR count). The third-order valence-corrected chi connectivity index (χ3v) is 6.37. The van der Waals surface area contributed by atoms with E-state index in [1.807, 2.05) is 31.2 Å². The summed E-state index contributed by atoms with van der Waals surface area (Å²) in [5, 5.41) is 6.16. The molecule has 2 heterocycles. The first-order chi connectivity index (χ1) is 10.9. The second kappa shape index (κ2) is 6.49. The van der Waals surface area contributed by atoms with Crippen LogP contribution in [0.2, 0.25) is 0 Å². The van der Waals surface area contributed by atoms with Crippen molar-refractivity contribution in [2.45, 2.75) is 6.92 Å². The fourth-order valence-electron chi connectivity index (χ4n) is 2.89. The van der Waals surface area contributed by atoms with E-state index >= 15 is 0 Å². The van der Waals surface area contributed by atoms with Crippen LogP contribution < -0.4 is 15.5 Å². The number of hydrogen-bond donors (Lipinski definition) is 2. The first kappa shape index (κ1) is 16.3. The first-order valence-electron chi connectivity index (χ1n) is 8.02. The molecule has 2 aliphatic heterocycles. The lowest BCUT2D eigenvalue weighted by Crippen LogP contribution is -2.48. The fraction of sp³-hybridized carbons (Fsp3) is 0.562. The smallest absolute Gasteiger partial charge is 0.227 e. The van der Waals surface area contributed by atoms with Crippen LogP contribution in [0.4, 0.5) is 11.4 Å². The average Bonchev–Trinajstić information content (AvgIpc) is 2.45. The number of carbonyl (C=O) groups is 1. The molecule has 2 N–H and O–H groups in total. The maximum Gasteiger partial charge on any atom is 0.227 e. The van der Waals surface area contributed by atoms with Crippen molar-refractivity contribution in [2.24, 2.45) is 11.8 Å².